The minimum Gasteiger partial charge on any atom is -0.459 e. The average molecular weight is 207 g/mol. The maximum absolute atomic E-state index is 11.2. The summed E-state index contributed by atoms with van der Waals surface area (Å²) in [6.45, 7) is 1.40. The fourth-order valence-corrected chi connectivity index (χ4v) is 0.984. The Morgan fingerprint density at radius 2 is 1.93 bits per heavy atom. The Balaban J connectivity index is 2.44. The Kier molecular flexibility index (Phi) is 4.00. The first-order valence-corrected chi connectivity index (χ1v) is 4.58. The number of hydrogen-bond donors (Lipinski definition) is 1. The maximum Gasteiger partial charge on any atom is 0.330 e. The lowest BCUT2D eigenvalue weighted by molar-refractivity contribution is -0.148. The van der Waals surface area contributed by atoms with Gasteiger partial charge < -0.3 is 10.5 Å². The van der Waals surface area contributed by atoms with Crippen LogP contribution < -0.4 is 5.73 Å². The highest BCUT2D eigenvalue weighted by atomic mass is 16.5. The largest absolute Gasteiger partial charge is 0.459 e. The van der Waals surface area contributed by atoms with Crippen molar-refractivity contribution in [3.63, 3.8) is 0 Å². The Labute approximate surface area is 88.0 Å². The molecule has 1 rings (SSSR count). The number of carbonyl (C=O) groups is 2. The zero-order valence-corrected chi connectivity index (χ0v) is 8.47. The van der Waals surface area contributed by atoms with E-state index in [9.17, 15) is 9.59 Å². The van der Waals surface area contributed by atoms with Crippen LogP contribution >= 0.6 is 0 Å². The normalized spacial score (nSPS) is 11.9. The molecule has 0 aliphatic heterocycles. The molecule has 0 amide bonds. The number of rotatable bonds is 4. The molecule has 0 radical (unpaired) electrons. The van der Waals surface area contributed by atoms with Crippen LogP contribution in [0.2, 0.25) is 0 Å². The highest BCUT2D eigenvalue weighted by molar-refractivity contribution is 6.01. The highest BCUT2D eigenvalue weighted by Gasteiger charge is 2.19. The summed E-state index contributed by atoms with van der Waals surface area (Å²) in [5.41, 5.74) is 6.16. The van der Waals surface area contributed by atoms with Gasteiger partial charge in [0.2, 0.25) is 0 Å². The Morgan fingerprint density at radius 1 is 1.33 bits per heavy atom. The first kappa shape index (κ1) is 11.4. The fraction of sp³-hybridized carbons (Fsp3) is 0.273. The van der Waals surface area contributed by atoms with Crippen molar-refractivity contribution in [2.24, 2.45) is 5.73 Å². The van der Waals surface area contributed by atoms with E-state index in [1.807, 2.05) is 30.3 Å². The smallest absolute Gasteiger partial charge is 0.330 e. The van der Waals surface area contributed by atoms with Crippen molar-refractivity contribution in [1.29, 1.82) is 0 Å². The summed E-state index contributed by atoms with van der Waals surface area (Å²) < 4.78 is 4.87. The number of nitrogens with two attached hydrogens (primary N) is 1. The van der Waals surface area contributed by atoms with Crippen LogP contribution in [0.3, 0.4) is 0 Å². The van der Waals surface area contributed by atoms with Crippen molar-refractivity contribution in [2.45, 2.75) is 19.6 Å². The molecule has 4 nitrogen and oxygen atoms in total. The molecule has 0 aromatic heterocycles. The van der Waals surface area contributed by atoms with Gasteiger partial charge in [-0.25, -0.2) is 4.79 Å². The second kappa shape index (κ2) is 5.26. The SMILES string of the molecule is CC(=O)[C@@H](N)C(=O)OCc1ccccc1. The molecule has 0 fully saturated rings. The molecule has 0 aliphatic carbocycles. The van der Waals surface area contributed by atoms with Gasteiger partial charge in [-0.1, -0.05) is 30.3 Å². The third kappa shape index (κ3) is 3.52. The van der Waals surface area contributed by atoms with Gasteiger partial charge in [-0.3, -0.25) is 4.79 Å². The molecule has 1 aromatic carbocycles. The number of esters is 1. The van der Waals surface area contributed by atoms with Crippen LogP contribution in [-0.2, 0) is 20.9 Å². The van der Waals surface area contributed by atoms with E-state index in [0.717, 1.165) is 5.56 Å². The minimum absolute atomic E-state index is 0.140. The van der Waals surface area contributed by atoms with Crippen molar-refractivity contribution >= 4 is 11.8 Å². The van der Waals surface area contributed by atoms with Crippen molar-refractivity contribution in [3.05, 3.63) is 35.9 Å². The molecule has 80 valence electrons. The zero-order chi connectivity index (χ0) is 11.3. The van der Waals surface area contributed by atoms with E-state index in [-0.39, 0.29) is 6.61 Å². The molecule has 0 heterocycles. The molecule has 15 heavy (non-hydrogen) atoms. The molecule has 0 saturated heterocycles. The first-order chi connectivity index (χ1) is 7.11. The predicted molar refractivity (Wildman–Crippen MR) is 54.9 cm³/mol. The molecule has 0 bridgehead atoms. The Morgan fingerprint density at radius 3 is 2.47 bits per heavy atom. The lowest BCUT2D eigenvalue weighted by atomic mass is 10.2. The Bertz CT molecular complexity index is 348. The standard InChI is InChI=1S/C11H13NO3/c1-8(13)10(12)11(14)15-7-9-5-3-2-4-6-9/h2-6,10H,7,12H2,1H3/t10-/m1/s1. The minimum atomic E-state index is -1.17. The summed E-state index contributed by atoms with van der Waals surface area (Å²) in [5, 5.41) is 0. The van der Waals surface area contributed by atoms with Gasteiger partial charge in [0, 0.05) is 0 Å². The van der Waals surface area contributed by atoms with E-state index < -0.39 is 17.8 Å². The summed E-state index contributed by atoms with van der Waals surface area (Å²) in [7, 11) is 0. The van der Waals surface area contributed by atoms with Crippen molar-refractivity contribution in [3.8, 4) is 0 Å². The fourth-order valence-electron chi connectivity index (χ4n) is 0.984. The van der Waals surface area contributed by atoms with E-state index >= 15 is 0 Å². The molecule has 2 N–H and O–H groups in total. The van der Waals surface area contributed by atoms with E-state index in [0.29, 0.717) is 0 Å². The highest BCUT2D eigenvalue weighted by Crippen LogP contribution is 2.01. The van der Waals surface area contributed by atoms with Crippen molar-refractivity contribution in [2.75, 3.05) is 0 Å². The summed E-state index contributed by atoms with van der Waals surface area (Å²) >= 11 is 0. The van der Waals surface area contributed by atoms with Crippen molar-refractivity contribution < 1.29 is 14.3 Å². The van der Waals surface area contributed by atoms with E-state index in [1.54, 1.807) is 0 Å². The molecule has 0 saturated carbocycles. The monoisotopic (exact) mass is 207 g/mol. The van der Waals surface area contributed by atoms with Crippen LogP contribution in [0.4, 0.5) is 0 Å². The predicted octanol–water partition coefficient (Wildman–Crippen LogP) is 0.646. The first-order valence-electron chi connectivity index (χ1n) is 4.58. The third-order valence-corrected chi connectivity index (χ3v) is 1.92. The number of ketones is 1. The van der Waals surface area contributed by atoms with E-state index in [4.69, 9.17) is 10.5 Å². The quantitative estimate of drug-likeness (QED) is 0.581. The molecular weight excluding hydrogens is 194 g/mol. The topological polar surface area (TPSA) is 69.4 Å². The van der Waals surface area contributed by atoms with Gasteiger partial charge in [0.1, 0.15) is 6.61 Å². The lowest BCUT2D eigenvalue weighted by Crippen LogP contribution is -2.38. The van der Waals surface area contributed by atoms with Crippen LogP contribution in [0, 0.1) is 0 Å². The molecule has 1 atom stereocenters. The summed E-state index contributed by atoms with van der Waals surface area (Å²) in [5.74, 6) is -1.08. The Hall–Kier alpha value is -1.68. The number of Topliss-reactive ketones (excluding diaryl/α,β-unsaturated/α-hetero) is 1. The molecular formula is C11H13NO3. The number of benzene rings is 1. The molecule has 0 aliphatic rings. The number of ether oxygens (including phenoxy) is 1. The van der Waals surface area contributed by atoms with Gasteiger partial charge >= 0.3 is 5.97 Å². The average Bonchev–Trinajstić information content (AvgIpc) is 2.26. The van der Waals surface area contributed by atoms with Gasteiger partial charge in [0.25, 0.3) is 0 Å². The summed E-state index contributed by atoms with van der Waals surface area (Å²) in [6.07, 6.45) is 0. The van der Waals surface area contributed by atoms with Gasteiger partial charge in [-0.15, -0.1) is 0 Å². The second-order valence-corrected chi connectivity index (χ2v) is 3.18. The van der Waals surface area contributed by atoms with E-state index in [2.05, 4.69) is 0 Å². The summed E-state index contributed by atoms with van der Waals surface area (Å²) in [6, 6.07) is 8.03. The van der Waals surface area contributed by atoms with Crippen LogP contribution in [-0.4, -0.2) is 17.8 Å². The molecule has 4 heteroatoms. The second-order valence-electron chi connectivity index (χ2n) is 3.18. The van der Waals surface area contributed by atoms with Crippen LogP contribution in [0.15, 0.2) is 30.3 Å². The van der Waals surface area contributed by atoms with Gasteiger partial charge in [-0.05, 0) is 12.5 Å². The van der Waals surface area contributed by atoms with Crippen molar-refractivity contribution in [1.82, 2.24) is 0 Å². The number of hydrogen-bond acceptors (Lipinski definition) is 4. The van der Waals surface area contributed by atoms with Gasteiger partial charge in [0.05, 0.1) is 0 Å². The van der Waals surface area contributed by atoms with Crippen LogP contribution in [0.25, 0.3) is 0 Å². The van der Waals surface area contributed by atoms with Gasteiger partial charge in [0.15, 0.2) is 11.8 Å². The lowest BCUT2D eigenvalue weighted by Gasteiger charge is -2.08. The van der Waals surface area contributed by atoms with Crippen LogP contribution in [0.1, 0.15) is 12.5 Å². The zero-order valence-electron chi connectivity index (χ0n) is 8.47. The molecule has 0 unspecified atom stereocenters. The summed E-state index contributed by atoms with van der Waals surface area (Å²) in [4.78, 5) is 22.0. The van der Waals surface area contributed by atoms with Crippen LogP contribution in [0.5, 0.6) is 0 Å². The maximum atomic E-state index is 11.2. The van der Waals surface area contributed by atoms with E-state index in [1.165, 1.54) is 6.92 Å². The molecule has 1 aromatic rings. The van der Waals surface area contributed by atoms with Gasteiger partial charge in [-0.2, -0.15) is 0 Å². The molecule has 0 spiro atoms. The third-order valence-electron chi connectivity index (χ3n) is 1.92. The number of carbonyl (C=O) groups excluding carboxylic acids is 2.